The molecule has 0 fully saturated rings. The first kappa shape index (κ1) is 42.0. The molecule has 0 radical (unpaired) electrons. The molecule has 2 aliphatic carbocycles. The van der Waals surface area contributed by atoms with Crippen LogP contribution in [0.1, 0.15) is 81.3 Å². The van der Waals surface area contributed by atoms with Crippen LogP contribution in [0.5, 0.6) is 0 Å². The second kappa shape index (κ2) is 17.1. The fraction of sp³-hybridized carbons (Fsp3) is 0.212. The molecule has 56 heavy (non-hydrogen) atoms. The molecule has 6 aromatic rings. The van der Waals surface area contributed by atoms with Gasteiger partial charge in [-0.15, -0.1) is 24.8 Å². The summed E-state index contributed by atoms with van der Waals surface area (Å²) in [6.07, 6.45) is 10.1. The van der Waals surface area contributed by atoms with Crippen molar-refractivity contribution in [1.82, 2.24) is 0 Å². The largest absolute Gasteiger partial charge is 0.147 e. The van der Waals surface area contributed by atoms with Crippen LogP contribution in [0.2, 0.25) is 5.02 Å². The third kappa shape index (κ3) is 8.35. The first-order chi connectivity index (χ1) is 26.0. The van der Waals surface area contributed by atoms with Crippen molar-refractivity contribution in [2.45, 2.75) is 71.6 Å². The molecule has 0 unspecified atom stereocenters. The maximum Gasteiger partial charge on any atom is -0.147 e. The van der Waals surface area contributed by atoms with Crippen LogP contribution in [0.3, 0.4) is 0 Å². The van der Waals surface area contributed by atoms with Crippen molar-refractivity contribution >= 4 is 42.9 Å². The molecule has 0 saturated heterocycles. The van der Waals surface area contributed by atoms with Gasteiger partial charge in [-0.05, 0) is 0 Å². The van der Waals surface area contributed by atoms with Crippen LogP contribution in [0, 0.1) is 0 Å². The summed E-state index contributed by atoms with van der Waals surface area (Å²) in [7, 11) is 0. The Morgan fingerprint density at radius 1 is 0.625 bits per heavy atom. The Morgan fingerprint density at radius 2 is 1.20 bits per heavy atom. The fourth-order valence-electron chi connectivity index (χ4n) is 8.55. The Labute approximate surface area is 359 Å². The van der Waals surface area contributed by atoms with Crippen LogP contribution in [-0.2, 0) is 44.9 Å². The maximum atomic E-state index is 6.59. The zero-order valence-corrected chi connectivity index (χ0v) is 38.1. The topological polar surface area (TPSA) is 0 Å². The van der Waals surface area contributed by atoms with Crippen molar-refractivity contribution in [2.24, 2.45) is 0 Å². The Bertz CT molecular complexity index is 2440. The number of fused-ring (bicyclic) bond motifs is 3. The number of benzene rings is 6. The Morgan fingerprint density at radius 3 is 1.77 bits per heavy atom. The second-order valence-electron chi connectivity index (χ2n) is 17.0. The second-order valence-corrected chi connectivity index (χ2v) is 23.6. The van der Waals surface area contributed by atoms with Crippen LogP contribution in [0.15, 0.2) is 155 Å². The monoisotopic (exact) mass is 870 g/mol. The minimum atomic E-state index is -3.00. The van der Waals surface area contributed by atoms with E-state index in [9.17, 15) is 0 Å². The van der Waals surface area contributed by atoms with Gasteiger partial charge in [-0.2, -0.15) is 0 Å². The SMILES string of the molecule is CC(C)(C)c1cc2c(cc1-c1ccccc1)Cc1c-2cc(C(C)(C)C)c(-c2ccccc2)[c]1/[Zr]([C]1=CC=CC1)=[C](/Cc1ccccc1)c1ccc(Cl)cc1.Cl.Cl. The average Bonchev–Trinajstić information content (AvgIpc) is 3.83. The molecule has 0 nitrogen and oxygen atoms in total. The molecule has 4 heteroatoms. The molecule has 0 atom stereocenters. The number of hydrogen-bond acceptors (Lipinski definition) is 0. The first-order valence-corrected chi connectivity index (χ1v) is 23.4. The van der Waals surface area contributed by atoms with E-state index in [0.717, 1.165) is 24.3 Å². The summed E-state index contributed by atoms with van der Waals surface area (Å²) in [5.41, 5.74) is 16.7. The predicted octanol–water partition coefficient (Wildman–Crippen LogP) is 14.2. The van der Waals surface area contributed by atoms with Gasteiger partial charge in [-0.3, -0.25) is 0 Å². The Balaban J connectivity index is 0.00000266. The molecular formula is C52H51Cl3Zr. The zero-order valence-electron chi connectivity index (χ0n) is 33.2. The number of rotatable bonds is 7. The molecule has 0 aromatic heterocycles. The quantitative estimate of drug-likeness (QED) is 0.150. The number of allylic oxidation sites excluding steroid dienone is 4. The van der Waals surface area contributed by atoms with Crippen molar-refractivity contribution in [3.63, 3.8) is 0 Å². The van der Waals surface area contributed by atoms with Gasteiger partial charge in [0.05, 0.1) is 0 Å². The van der Waals surface area contributed by atoms with Crippen LogP contribution in [-0.4, -0.2) is 3.21 Å². The van der Waals surface area contributed by atoms with Crippen molar-refractivity contribution in [2.75, 3.05) is 0 Å². The van der Waals surface area contributed by atoms with E-state index in [2.05, 4.69) is 193 Å². The van der Waals surface area contributed by atoms with Crippen LogP contribution < -0.4 is 3.27 Å². The van der Waals surface area contributed by atoms with Crippen LogP contribution in [0.25, 0.3) is 33.4 Å². The van der Waals surface area contributed by atoms with E-state index in [1.54, 1.807) is 15.3 Å². The zero-order chi connectivity index (χ0) is 37.6. The van der Waals surface area contributed by atoms with Gasteiger partial charge in [0.25, 0.3) is 0 Å². The molecule has 0 spiro atoms. The summed E-state index contributed by atoms with van der Waals surface area (Å²) in [4.78, 5) is 0. The van der Waals surface area contributed by atoms with Gasteiger partial charge in [0.2, 0.25) is 0 Å². The van der Waals surface area contributed by atoms with Crippen molar-refractivity contribution in [3.8, 4) is 33.4 Å². The molecule has 6 aromatic carbocycles. The molecule has 0 N–H and O–H groups in total. The maximum absolute atomic E-state index is 6.59. The van der Waals surface area contributed by atoms with Crippen molar-refractivity contribution in [3.05, 3.63) is 193 Å². The van der Waals surface area contributed by atoms with Gasteiger partial charge in [0.15, 0.2) is 0 Å². The third-order valence-corrected chi connectivity index (χ3v) is 19.1. The third-order valence-electron chi connectivity index (χ3n) is 11.2. The van der Waals surface area contributed by atoms with E-state index in [1.807, 2.05) is 0 Å². The van der Waals surface area contributed by atoms with Gasteiger partial charge < -0.3 is 0 Å². The first-order valence-electron chi connectivity index (χ1n) is 19.4. The molecule has 0 heterocycles. The molecule has 284 valence electrons. The number of hydrogen-bond donors (Lipinski definition) is 0. The van der Waals surface area contributed by atoms with Gasteiger partial charge in [0, 0.05) is 0 Å². The summed E-state index contributed by atoms with van der Waals surface area (Å²) in [5, 5.41) is 0.782. The van der Waals surface area contributed by atoms with Gasteiger partial charge in [-0.1, -0.05) is 0 Å². The minimum Gasteiger partial charge on any atom is -0.147 e. The number of halogens is 3. The van der Waals surface area contributed by atoms with Crippen molar-refractivity contribution in [1.29, 1.82) is 0 Å². The molecular weight excluding hydrogens is 822 g/mol. The Kier molecular flexibility index (Phi) is 12.8. The summed E-state index contributed by atoms with van der Waals surface area (Å²) in [5.74, 6) is 0. The van der Waals surface area contributed by atoms with E-state index >= 15 is 0 Å². The molecule has 8 rings (SSSR count). The predicted molar refractivity (Wildman–Crippen MR) is 245 cm³/mol. The standard InChI is InChI=1S/C33H33.C14H11Cl.C5H5.2ClH.Zr/c1-32(2,3)30-20-26-24(18-28(30)22-13-9-7-10-14-22)17-25-19-29(23-15-11-8-12-16-23)31(21-27(25)26)33(4,5)6;15-14-10-8-13(9-11-14)7-6-12-4-2-1-3-5-12;1-2-4-5-3-1;;;/h7-16,18,20-21H,17H2,1-6H3;1-5,8-11H,6H2;1-3H,4H2;2*1H;. The average molecular weight is 874 g/mol. The Hall–Kier alpha value is -3.58. The van der Waals surface area contributed by atoms with Gasteiger partial charge in [0.1, 0.15) is 0 Å². The smallest absolute Gasteiger partial charge is 0.147 e. The molecule has 0 aliphatic heterocycles. The van der Waals surface area contributed by atoms with Gasteiger partial charge >= 0.3 is 338 Å². The molecule has 0 amide bonds. The van der Waals surface area contributed by atoms with Crippen molar-refractivity contribution < 1.29 is 21.3 Å². The molecule has 0 saturated carbocycles. The van der Waals surface area contributed by atoms with E-state index in [1.165, 1.54) is 61.2 Å². The van der Waals surface area contributed by atoms with E-state index < -0.39 is 21.3 Å². The minimum absolute atomic E-state index is 0. The van der Waals surface area contributed by atoms with Crippen LogP contribution in [0.4, 0.5) is 0 Å². The van der Waals surface area contributed by atoms with E-state index in [-0.39, 0.29) is 35.6 Å². The normalized spacial score (nSPS) is 13.6. The summed E-state index contributed by atoms with van der Waals surface area (Å²) in [6, 6.07) is 49.9. The van der Waals surface area contributed by atoms with Gasteiger partial charge in [-0.25, -0.2) is 0 Å². The fourth-order valence-corrected chi connectivity index (χ4v) is 17.2. The summed E-state index contributed by atoms with van der Waals surface area (Å²) >= 11 is 3.59. The van der Waals surface area contributed by atoms with E-state index in [0.29, 0.717) is 0 Å². The molecule has 2 aliphatic rings. The summed E-state index contributed by atoms with van der Waals surface area (Å²) in [6.45, 7) is 14.3. The van der Waals surface area contributed by atoms with Crippen LogP contribution >= 0.6 is 36.4 Å². The van der Waals surface area contributed by atoms with E-state index in [4.69, 9.17) is 11.6 Å². The summed E-state index contributed by atoms with van der Waals surface area (Å²) < 4.78 is 4.90. The molecule has 0 bridgehead atoms.